The predicted octanol–water partition coefficient (Wildman–Crippen LogP) is 2.89. The first-order valence-corrected chi connectivity index (χ1v) is 6.02. The first-order valence-electron chi connectivity index (χ1n) is 4.41. The third-order valence-electron chi connectivity index (χ3n) is 2.54. The molecule has 0 saturated heterocycles. The van der Waals surface area contributed by atoms with Crippen LogP contribution in [0.5, 0.6) is 0 Å². The summed E-state index contributed by atoms with van der Waals surface area (Å²) in [4.78, 5) is 15.7. The molecule has 1 N–H and O–H groups in total. The summed E-state index contributed by atoms with van der Waals surface area (Å²) in [6.07, 6.45) is 2.67. The van der Waals surface area contributed by atoms with Crippen LogP contribution in [-0.2, 0) is 4.79 Å². The van der Waals surface area contributed by atoms with Crippen LogP contribution in [-0.4, -0.2) is 10.9 Å². The largest absolute Gasteiger partial charge is 0.302 e. The first-order chi connectivity index (χ1) is 6.49. The molecule has 1 aliphatic rings. The van der Waals surface area contributed by atoms with Crippen molar-refractivity contribution in [2.24, 2.45) is 11.3 Å². The molecule has 0 bridgehead atoms. The van der Waals surface area contributed by atoms with E-state index in [1.165, 1.54) is 11.3 Å². The Labute approximate surface area is 95.1 Å². The predicted molar refractivity (Wildman–Crippen MR) is 60.3 cm³/mol. The lowest BCUT2D eigenvalue weighted by Crippen LogP contribution is -2.16. The quantitative estimate of drug-likeness (QED) is 0.901. The number of rotatable bonds is 2. The molecule has 1 atom stereocenters. The van der Waals surface area contributed by atoms with Gasteiger partial charge in [-0.2, -0.15) is 0 Å². The summed E-state index contributed by atoms with van der Waals surface area (Å²) in [7, 11) is 0. The van der Waals surface area contributed by atoms with Crippen LogP contribution in [0.2, 0.25) is 0 Å². The van der Waals surface area contributed by atoms with Crippen LogP contribution in [0.1, 0.15) is 20.3 Å². The number of nitrogens with zero attached hydrogens (tertiary/aromatic N) is 1. The number of halogens is 1. The maximum atomic E-state index is 11.6. The van der Waals surface area contributed by atoms with Gasteiger partial charge >= 0.3 is 0 Å². The van der Waals surface area contributed by atoms with Crippen molar-refractivity contribution in [1.29, 1.82) is 0 Å². The highest BCUT2D eigenvalue weighted by atomic mass is 79.9. The van der Waals surface area contributed by atoms with Crippen molar-refractivity contribution >= 4 is 38.3 Å². The van der Waals surface area contributed by atoms with E-state index in [1.807, 2.05) is 0 Å². The second kappa shape index (κ2) is 3.31. The number of carbonyl (C=O) groups excluding carboxylic acids is 1. The smallest absolute Gasteiger partial charge is 0.229 e. The van der Waals surface area contributed by atoms with Crippen LogP contribution in [0, 0.1) is 11.3 Å². The van der Waals surface area contributed by atoms with E-state index in [9.17, 15) is 4.79 Å². The summed E-state index contributed by atoms with van der Waals surface area (Å²) < 4.78 is 0.933. The fourth-order valence-electron chi connectivity index (χ4n) is 1.42. The Bertz CT molecular complexity index is 375. The van der Waals surface area contributed by atoms with Crippen LogP contribution in [0.15, 0.2) is 9.98 Å². The van der Waals surface area contributed by atoms with E-state index >= 15 is 0 Å². The van der Waals surface area contributed by atoms with Crippen molar-refractivity contribution in [1.82, 2.24) is 4.98 Å². The molecule has 76 valence electrons. The molecule has 1 saturated carbocycles. The van der Waals surface area contributed by atoms with Gasteiger partial charge in [-0.25, -0.2) is 4.98 Å². The average Bonchev–Trinajstić information content (AvgIpc) is 2.51. The normalized spacial score (nSPS) is 23.2. The van der Waals surface area contributed by atoms with Gasteiger partial charge < -0.3 is 5.32 Å². The monoisotopic (exact) mass is 274 g/mol. The van der Waals surface area contributed by atoms with Gasteiger partial charge in [0, 0.05) is 5.92 Å². The number of amides is 1. The van der Waals surface area contributed by atoms with Gasteiger partial charge in [0.05, 0.1) is 9.98 Å². The summed E-state index contributed by atoms with van der Waals surface area (Å²) in [6.45, 7) is 4.21. The van der Waals surface area contributed by atoms with Crippen molar-refractivity contribution < 1.29 is 4.79 Å². The Morgan fingerprint density at radius 3 is 2.86 bits per heavy atom. The maximum absolute atomic E-state index is 11.6. The molecule has 1 fully saturated rings. The molecule has 3 nitrogen and oxygen atoms in total. The standard InChI is InChI=1S/C9H11BrN2OS/c1-9(2)3-5(9)7(13)12-8-11-4-6(10)14-8/h4-5H,3H2,1-2H3,(H,11,12,13). The van der Waals surface area contributed by atoms with Crippen molar-refractivity contribution in [2.75, 3.05) is 5.32 Å². The second-order valence-electron chi connectivity index (χ2n) is 4.20. The van der Waals surface area contributed by atoms with Crippen LogP contribution in [0.3, 0.4) is 0 Å². The number of hydrogen-bond donors (Lipinski definition) is 1. The van der Waals surface area contributed by atoms with Gasteiger partial charge in [-0.05, 0) is 27.8 Å². The van der Waals surface area contributed by atoms with Crippen LogP contribution >= 0.6 is 27.3 Å². The van der Waals surface area contributed by atoms with Crippen LogP contribution in [0.25, 0.3) is 0 Å². The number of carbonyl (C=O) groups is 1. The third kappa shape index (κ3) is 1.98. The van der Waals surface area contributed by atoms with E-state index in [4.69, 9.17) is 0 Å². The maximum Gasteiger partial charge on any atom is 0.229 e. The minimum atomic E-state index is 0.0943. The Hall–Kier alpha value is -0.420. The Balaban J connectivity index is 1.96. The summed E-state index contributed by atoms with van der Waals surface area (Å²) in [5.41, 5.74) is 0.179. The molecule has 2 rings (SSSR count). The summed E-state index contributed by atoms with van der Waals surface area (Å²) >= 11 is 4.74. The zero-order chi connectivity index (χ0) is 10.3. The van der Waals surface area contributed by atoms with Crippen LogP contribution < -0.4 is 5.32 Å². The molecule has 0 radical (unpaired) electrons. The van der Waals surface area contributed by atoms with E-state index in [0.29, 0.717) is 5.13 Å². The molecular formula is C9H11BrN2OS. The number of aromatic nitrogens is 1. The number of thiazole rings is 1. The number of nitrogens with one attached hydrogen (secondary N) is 1. The summed E-state index contributed by atoms with van der Waals surface area (Å²) in [5, 5.41) is 3.49. The van der Waals surface area contributed by atoms with Crippen molar-refractivity contribution in [3.8, 4) is 0 Å². The van der Waals surface area contributed by atoms with Crippen molar-refractivity contribution in [3.63, 3.8) is 0 Å². The van der Waals surface area contributed by atoms with Gasteiger partial charge in [0.1, 0.15) is 0 Å². The highest BCUT2D eigenvalue weighted by molar-refractivity contribution is 9.11. The van der Waals surface area contributed by atoms with E-state index in [2.05, 4.69) is 40.1 Å². The van der Waals surface area contributed by atoms with Gasteiger partial charge in [0.15, 0.2) is 5.13 Å². The van der Waals surface area contributed by atoms with E-state index in [1.54, 1.807) is 6.20 Å². The van der Waals surface area contributed by atoms with E-state index in [-0.39, 0.29) is 17.2 Å². The van der Waals surface area contributed by atoms with E-state index in [0.717, 1.165) is 10.2 Å². The molecule has 1 aliphatic carbocycles. The van der Waals surface area contributed by atoms with Crippen LogP contribution in [0.4, 0.5) is 5.13 Å². The van der Waals surface area contributed by atoms with Crippen molar-refractivity contribution in [2.45, 2.75) is 20.3 Å². The third-order valence-corrected chi connectivity index (χ3v) is 3.93. The average molecular weight is 275 g/mol. The molecule has 0 aliphatic heterocycles. The summed E-state index contributed by atoms with van der Waals surface area (Å²) in [5.74, 6) is 0.252. The lowest BCUT2D eigenvalue weighted by molar-refractivity contribution is -0.117. The zero-order valence-corrected chi connectivity index (χ0v) is 10.4. The second-order valence-corrected chi connectivity index (χ2v) is 6.61. The molecule has 1 unspecified atom stereocenters. The Morgan fingerprint density at radius 2 is 2.43 bits per heavy atom. The molecule has 1 aromatic heterocycles. The Kier molecular flexibility index (Phi) is 2.39. The lowest BCUT2D eigenvalue weighted by atomic mass is 10.1. The minimum absolute atomic E-state index is 0.0943. The van der Waals surface area contributed by atoms with Gasteiger partial charge in [-0.3, -0.25) is 4.79 Å². The topological polar surface area (TPSA) is 42.0 Å². The molecule has 5 heteroatoms. The van der Waals surface area contributed by atoms with Crippen molar-refractivity contribution in [3.05, 3.63) is 9.98 Å². The molecule has 1 heterocycles. The molecule has 1 aromatic rings. The highest BCUT2D eigenvalue weighted by Gasteiger charge is 2.50. The SMILES string of the molecule is CC1(C)CC1C(=O)Nc1ncc(Br)s1. The fourth-order valence-corrected chi connectivity index (χ4v) is 2.53. The molecule has 14 heavy (non-hydrogen) atoms. The number of hydrogen-bond acceptors (Lipinski definition) is 3. The zero-order valence-electron chi connectivity index (χ0n) is 8.00. The molecular weight excluding hydrogens is 264 g/mol. The first kappa shape index (κ1) is 10.1. The van der Waals surface area contributed by atoms with E-state index < -0.39 is 0 Å². The Morgan fingerprint density at radius 1 is 1.79 bits per heavy atom. The minimum Gasteiger partial charge on any atom is -0.302 e. The highest BCUT2D eigenvalue weighted by Crippen LogP contribution is 2.52. The van der Waals surface area contributed by atoms with Gasteiger partial charge in [-0.15, -0.1) is 0 Å². The van der Waals surface area contributed by atoms with Gasteiger partial charge in [-0.1, -0.05) is 25.2 Å². The number of anilines is 1. The molecule has 1 amide bonds. The van der Waals surface area contributed by atoms with Gasteiger partial charge in [0.25, 0.3) is 0 Å². The summed E-state index contributed by atoms with van der Waals surface area (Å²) in [6, 6.07) is 0. The molecule has 0 aromatic carbocycles. The lowest BCUT2D eigenvalue weighted by Gasteiger charge is -2.02. The van der Waals surface area contributed by atoms with Gasteiger partial charge in [0.2, 0.25) is 5.91 Å². The fraction of sp³-hybridized carbons (Fsp3) is 0.556. The molecule has 0 spiro atoms.